The maximum Gasteiger partial charge on any atom is 0.308 e. The molecular formula is C26H17BrClN3O4S3. The highest BCUT2D eigenvalue weighted by molar-refractivity contribution is 9.10. The number of thioether (sulfide) groups is 1. The third-order valence-corrected chi connectivity index (χ3v) is 10.8. The monoisotopic (exact) mass is 645 g/mol. The number of halogens is 2. The molecular weight excluding hydrogens is 630 g/mol. The third kappa shape index (κ3) is 4.46. The first-order valence-electron chi connectivity index (χ1n) is 11.4. The summed E-state index contributed by atoms with van der Waals surface area (Å²) in [6.07, 6.45) is 0. The van der Waals surface area contributed by atoms with Crippen LogP contribution in [0.5, 0.6) is 0 Å². The van der Waals surface area contributed by atoms with Crippen molar-refractivity contribution in [3.05, 3.63) is 95.0 Å². The molecule has 1 fully saturated rings. The molecule has 0 spiro atoms. The lowest BCUT2D eigenvalue weighted by Gasteiger charge is -2.29. The van der Waals surface area contributed by atoms with Crippen LogP contribution in [0.4, 0.5) is 11.4 Å². The van der Waals surface area contributed by atoms with Crippen LogP contribution in [0.1, 0.15) is 15.7 Å². The van der Waals surface area contributed by atoms with Crippen LogP contribution in [0.2, 0.25) is 5.02 Å². The summed E-state index contributed by atoms with van der Waals surface area (Å²) in [5, 5.41) is 5.09. The Labute approximate surface area is 242 Å². The molecule has 2 aliphatic rings. The zero-order valence-electron chi connectivity index (χ0n) is 19.3. The van der Waals surface area contributed by atoms with Crippen LogP contribution in [-0.4, -0.2) is 27.5 Å². The van der Waals surface area contributed by atoms with Crippen molar-refractivity contribution in [1.82, 2.24) is 4.57 Å². The van der Waals surface area contributed by atoms with Crippen molar-refractivity contribution in [2.24, 2.45) is 5.92 Å². The first-order valence-corrected chi connectivity index (χ1v) is 15.2. The number of carbonyl (C=O) groups excluding carboxylic acids is 3. The Bertz CT molecular complexity index is 1620. The molecule has 2 aromatic carbocycles. The van der Waals surface area contributed by atoms with E-state index in [-0.39, 0.29) is 29.1 Å². The minimum absolute atomic E-state index is 0.215. The predicted octanol–water partition coefficient (Wildman–Crippen LogP) is 5.82. The largest absolute Gasteiger partial charge is 0.325 e. The number of carbonyl (C=O) groups is 3. The molecule has 4 heterocycles. The van der Waals surface area contributed by atoms with Gasteiger partial charge in [0.25, 0.3) is 0 Å². The first-order chi connectivity index (χ1) is 18.3. The Balaban J connectivity index is 1.38. The van der Waals surface area contributed by atoms with Crippen LogP contribution >= 0.6 is 62.0 Å². The van der Waals surface area contributed by atoms with E-state index in [1.165, 1.54) is 32.6 Å². The predicted molar refractivity (Wildman–Crippen MR) is 155 cm³/mol. The number of nitrogens with one attached hydrogen (secondary N) is 1. The van der Waals surface area contributed by atoms with Crippen LogP contribution in [0.25, 0.3) is 0 Å². The minimum atomic E-state index is -0.717. The summed E-state index contributed by atoms with van der Waals surface area (Å²) in [5.41, 5.74) is 1.06. The second-order valence-electron chi connectivity index (χ2n) is 8.72. The van der Waals surface area contributed by atoms with Gasteiger partial charge in [-0.05, 0) is 60.0 Å². The van der Waals surface area contributed by atoms with Gasteiger partial charge in [-0.15, -0.1) is 11.3 Å². The van der Waals surface area contributed by atoms with Gasteiger partial charge < -0.3 is 5.32 Å². The molecule has 7 nitrogen and oxygen atoms in total. The van der Waals surface area contributed by atoms with Gasteiger partial charge >= 0.3 is 4.87 Å². The Morgan fingerprint density at radius 1 is 1.00 bits per heavy atom. The summed E-state index contributed by atoms with van der Waals surface area (Å²) in [6, 6.07) is 17.5. The second-order valence-corrected chi connectivity index (χ2v) is 13.2. The summed E-state index contributed by atoms with van der Waals surface area (Å²) in [7, 11) is 0. The standard InChI is InChI=1S/C26H17BrClN3O4S3/c27-13-3-9-16(10-4-13)31-23(33)20-19(17-2-1-11-36-17)22-25(37-21(20)24(31)34)30(26(35)38-22)12-18(32)29-15-7-5-14(28)6-8-15/h1-11,19-21H,12H2,(H,29,32)/t19-,20-,21+/m0/s1. The van der Waals surface area contributed by atoms with Crippen molar-refractivity contribution in [2.45, 2.75) is 22.7 Å². The van der Waals surface area contributed by atoms with Crippen molar-refractivity contribution in [2.75, 3.05) is 10.2 Å². The van der Waals surface area contributed by atoms with Gasteiger partial charge in [0.15, 0.2) is 0 Å². The number of imide groups is 1. The van der Waals surface area contributed by atoms with Crippen molar-refractivity contribution in [1.29, 1.82) is 0 Å². The lowest BCUT2D eigenvalue weighted by molar-refractivity contribution is -0.122. The summed E-state index contributed by atoms with van der Waals surface area (Å²) >= 11 is 13.0. The maximum absolute atomic E-state index is 13.8. The average molecular weight is 647 g/mol. The SMILES string of the molecule is O=C(Cn1c2c(sc1=O)[C@@H](c1cccs1)[C@@H]1C(=O)N(c3ccc(Br)cc3)C(=O)[C@@H]1S2)Nc1ccc(Cl)cc1. The van der Waals surface area contributed by atoms with Gasteiger partial charge in [0.2, 0.25) is 17.7 Å². The lowest BCUT2D eigenvalue weighted by atomic mass is 9.87. The van der Waals surface area contributed by atoms with Gasteiger partial charge in [-0.25, -0.2) is 4.90 Å². The molecule has 0 saturated carbocycles. The molecule has 6 rings (SSSR count). The summed E-state index contributed by atoms with van der Waals surface area (Å²) < 4.78 is 2.25. The molecule has 12 heteroatoms. The summed E-state index contributed by atoms with van der Waals surface area (Å²) in [4.78, 5) is 56.0. The Morgan fingerprint density at radius 3 is 2.42 bits per heavy atom. The highest BCUT2D eigenvalue weighted by Gasteiger charge is 2.57. The molecule has 0 bridgehead atoms. The van der Waals surface area contributed by atoms with E-state index < -0.39 is 17.1 Å². The molecule has 1 N–H and O–H groups in total. The minimum Gasteiger partial charge on any atom is -0.325 e. The van der Waals surface area contributed by atoms with E-state index >= 15 is 0 Å². The molecule has 2 aliphatic heterocycles. The van der Waals surface area contributed by atoms with Gasteiger partial charge in [-0.3, -0.25) is 23.7 Å². The van der Waals surface area contributed by atoms with E-state index in [0.717, 1.165) is 20.7 Å². The quantitative estimate of drug-likeness (QED) is 0.276. The first kappa shape index (κ1) is 25.6. The lowest BCUT2D eigenvalue weighted by Crippen LogP contribution is -2.32. The molecule has 1 saturated heterocycles. The number of thiophene rings is 1. The molecule has 3 atom stereocenters. The van der Waals surface area contributed by atoms with Crippen molar-refractivity contribution < 1.29 is 14.4 Å². The topological polar surface area (TPSA) is 88.5 Å². The van der Waals surface area contributed by atoms with Crippen molar-refractivity contribution in [3.8, 4) is 0 Å². The Kier molecular flexibility index (Phi) is 6.81. The molecule has 3 amide bonds. The average Bonchev–Trinajstić information content (AvgIpc) is 3.59. The van der Waals surface area contributed by atoms with E-state index in [1.54, 1.807) is 48.5 Å². The van der Waals surface area contributed by atoms with Crippen LogP contribution in [0.15, 0.2) is 80.3 Å². The van der Waals surface area contributed by atoms with Crippen molar-refractivity contribution in [3.63, 3.8) is 0 Å². The van der Waals surface area contributed by atoms with Gasteiger partial charge in [-0.1, -0.05) is 56.7 Å². The van der Waals surface area contributed by atoms with Crippen LogP contribution in [0, 0.1) is 5.92 Å². The number of anilines is 2. The van der Waals surface area contributed by atoms with E-state index in [2.05, 4.69) is 21.2 Å². The van der Waals surface area contributed by atoms with E-state index in [9.17, 15) is 19.2 Å². The fraction of sp³-hybridized carbons (Fsp3) is 0.154. The number of hydrogen-bond donors (Lipinski definition) is 1. The van der Waals surface area contributed by atoms with Crippen molar-refractivity contribution >= 4 is 91.1 Å². The molecule has 38 heavy (non-hydrogen) atoms. The fourth-order valence-corrected chi connectivity index (χ4v) is 8.86. The highest BCUT2D eigenvalue weighted by Crippen LogP contribution is 2.54. The Morgan fingerprint density at radius 2 is 1.74 bits per heavy atom. The molecule has 192 valence electrons. The van der Waals surface area contributed by atoms with Gasteiger partial charge in [0.1, 0.15) is 11.8 Å². The number of benzene rings is 2. The fourth-order valence-electron chi connectivity index (χ4n) is 4.75. The Hall–Kier alpha value is -2.70. The number of amides is 3. The molecule has 0 aliphatic carbocycles. The zero-order chi connectivity index (χ0) is 26.6. The normalized spacial score (nSPS) is 20.4. The summed E-state index contributed by atoms with van der Waals surface area (Å²) in [5.74, 6) is -2.10. The molecule has 0 radical (unpaired) electrons. The van der Waals surface area contributed by atoms with E-state index in [0.29, 0.717) is 26.3 Å². The maximum atomic E-state index is 13.8. The smallest absolute Gasteiger partial charge is 0.308 e. The zero-order valence-corrected chi connectivity index (χ0v) is 24.1. The van der Waals surface area contributed by atoms with Crippen LogP contribution < -0.4 is 15.1 Å². The van der Waals surface area contributed by atoms with E-state index in [1.807, 2.05) is 17.5 Å². The van der Waals surface area contributed by atoms with Gasteiger partial charge in [-0.2, -0.15) is 0 Å². The third-order valence-electron chi connectivity index (χ3n) is 6.41. The molecule has 0 unspecified atom stereocenters. The number of thiazole rings is 1. The highest BCUT2D eigenvalue weighted by atomic mass is 79.9. The number of aromatic nitrogens is 1. The van der Waals surface area contributed by atoms with Crippen LogP contribution in [0.3, 0.4) is 0 Å². The van der Waals surface area contributed by atoms with Gasteiger partial charge in [0.05, 0.1) is 16.6 Å². The van der Waals surface area contributed by atoms with E-state index in [4.69, 9.17) is 11.6 Å². The number of rotatable bonds is 5. The van der Waals surface area contributed by atoms with Crippen LogP contribution in [-0.2, 0) is 20.9 Å². The number of hydrogen-bond acceptors (Lipinski definition) is 7. The summed E-state index contributed by atoms with van der Waals surface area (Å²) in [6.45, 7) is -0.215. The number of fused-ring (bicyclic) bond motifs is 2. The second kappa shape index (κ2) is 10.1. The van der Waals surface area contributed by atoms with Gasteiger partial charge in [0, 0.05) is 30.9 Å². The molecule has 4 aromatic rings. The molecule has 2 aromatic heterocycles. The number of nitrogens with zero attached hydrogens (tertiary/aromatic N) is 2.